The lowest BCUT2D eigenvalue weighted by Gasteiger charge is -2.21. The first-order valence-electron chi connectivity index (χ1n) is 5.30. The monoisotopic (exact) mass is 320 g/mol. The summed E-state index contributed by atoms with van der Waals surface area (Å²) in [4.78, 5) is 16.0. The van der Waals surface area contributed by atoms with Gasteiger partial charge < -0.3 is 10.0 Å². The fraction of sp³-hybridized carbons (Fsp3) is 0.545. The summed E-state index contributed by atoms with van der Waals surface area (Å²) in [5.41, 5.74) is 0. The Morgan fingerprint density at radius 2 is 2.12 bits per heavy atom. The molecule has 0 spiro atoms. The topological polar surface area (TPSA) is 43.8 Å². The van der Waals surface area contributed by atoms with E-state index in [1.54, 1.807) is 11.3 Å². The van der Waals surface area contributed by atoms with E-state index in [2.05, 4.69) is 20.8 Å². The zero-order valence-electron chi connectivity index (χ0n) is 10.0. The van der Waals surface area contributed by atoms with Gasteiger partial charge in [0.15, 0.2) is 0 Å². The lowest BCUT2D eigenvalue weighted by Crippen LogP contribution is -2.34. The molecule has 96 valence electrons. The highest BCUT2D eigenvalue weighted by Gasteiger charge is 2.11. The Kier molecular flexibility index (Phi) is 6.11. The number of carboxylic acid groups (broad SMARTS) is 1. The van der Waals surface area contributed by atoms with E-state index >= 15 is 0 Å². The van der Waals surface area contributed by atoms with Crippen LogP contribution in [0.1, 0.15) is 4.88 Å². The molecule has 6 heteroatoms. The third-order valence-electron chi connectivity index (χ3n) is 2.23. The number of carboxylic acids is 1. The van der Waals surface area contributed by atoms with E-state index in [0.717, 1.165) is 16.9 Å². The number of likely N-dealkylation sites (N-methyl/N-ethyl adjacent to an activating group) is 1. The molecular formula is C11H17BrN2O2S. The Morgan fingerprint density at radius 1 is 1.41 bits per heavy atom. The molecule has 1 heterocycles. The van der Waals surface area contributed by atoms with Gasteiger partial charge in [-0.05, 0) is 42.2 Å². The van der Waals surface area contributed by atoms with Crippen LogP contribution in [0.15, 0.2) is 15.9 Å². The minimum absolute atomic E-state index is 0.0867. The molecule has 1 N–H and O–H groups in total. The fourth-order valence-electron chi connectivity index (χ4n) is 1.40. The van der Waals surface area contributed by atoms with Crippen LogP contribution in [0.25, 0.3) is 0 Å². The Morgan fingerprint density at radius 3 is 2.59 bits per heavy atom. The number of hydrogen-bond donors (Lipinski definition) is 1. The molecular weight excluding hydrogens is 304 g/mol. The van der Waals surface area contributed by atoms with Crippen LogP contribution in [-0.2, 0) is 11.3 Å². The molecule has 0 atom stereocenters. The second-order valence-corrected chi connectivity index (χ2v) is 6.66. The van der Waals surface area contributed by atoms with Gasteiger partial charge in [0.1, 0.15) is 0 Å². The highest BCUT2D eigenvalue weighted by atomic mass is 79.9. The van der Waals surface area contributed by atoms with E-state index in [1.807, 2.05) is 31.1 Å². The van der Waals surface area contributed by atoms with Crippen molar-refractivity contribution in [3.63, 3.8) is 0 Å². The number of rotatable bonds is 7. The van der Waals surface area contributed by atoms with E-state index in [1.165, 1.54) is 4.88 Å². The van der Waals surface area contributed by atoms with Crippen LogP contribution in [0.2, 0.25) is 0 Å². The van der Waals surface area contributed by atoms with Crippen LogP contribution < -0.4 is 0 Å². The van der Waals surface area contributed by atoms with E-state index in [4.69, 9.17) is 5.11 Å². The first-order chi connectivity index (χ1) is 7.97. The number of thiophene rings is 1. The normalized spacial score (nSPS) is 11.4. The molecule has 0 bridgehead atoms. The molecule has 0 saturated carbocycles. The maximum absolute atomic E-state index is 10.8. The van der Waals surface area contributed by atoms with Crippen molar-refractivity contribution < 1.29 is 9.90 Å². The molecule has 0 saturated heterocycles. The SMILES string of the molecule is CN(C)CCN(CC(=O)O)Cc1ccc(Br)s1. The zero-order chi connectivity index (χ0) is 12.8. The number of nitrogens with zero attached hydrogens (tertiary/aromatic N) is 2. The van der Waals surface area contributed by atoms with Crippen molar-refractivity contribution in [2.45, 2.75) is 6.54 Å². The summed E-state index contributed by atoms with van der Waals surface area (Å²) in [6, 6.07) is 4.02. The number of carbonyl (C=O) groups is 1. The van der Waals surface area contributed by atoms with Crippen molar-refractivity contribution >= 4 is 33.2 Å². The van der Waals surface area contributed by atoms with Gasteiger partial charge in [-0.15, -0.1) is 11.3 Å². The molecule has 1 aromatic rings. The van der Waals surface area contributed by atoms with Gasteiger partial charge in [-0.2, -0.15) is 0 Å². The van der Waals surface area contributed by atoms with Gasteiger partial charge >= 0.3 is 5.97 Å². The predicted molar refractivity (Wildman–Crippen MR) is 73.5 cm³/mol. The predicted octanol–water partition coefficient (Wildman–Crippen LogP) is 1.96. The van der Waals surface area contributed by atoms with Crippen molar-refractivity contribution in [2.24, 2.45) is 0 Å². The average Bonchev–Trinajstić information content (AvgIpc) is 2.59. The van der Waals surface area contributed by atoms with Crippen molar-refractivity contribution in [3.05, 3.63) is 20.8 Å². The first kappa shape index (κ1) is 14.6. The van der Waals surface area contributed by atoms with Gasteiger partial charge in [-0.25, -0.2) is 0 Å². The molecule has 0 aromatic carbocycles. The maximum atomic E-state index is 10.8. The summed E-state index contributed by atoms with van der Waals surface area (Å²) in [5, 5.41) is 8.87. The van der Waals surface area contributed by atoms with Crippen LogP contribution in [0, 0.1) is 0 Å². The maximum Gasteiger partial charge on any atom is 0.317 e. The molecule has 17 heavy (non-hydrogen) atoms. The Labute approximate surface area is 114 Å². The van der Waals surface area contributed by atoms with E-state index in [9.17, 15) is 4.79 Å². The second kappa shape index (κ2) is 7.10. The fourth-order valence-corrected chi connectivity index (χ4v) is 2.93. The summed E-state index contributed by atoms with van der Waals surface area (Å²) in [6.45, 7) is 2.40. The molecule has 0 amide bonds. The average molecular weight is 321 g/mol. The van der Waals surface area contributed by atoms with Gasteiger partial charge in [0.25, 0.3) is 0 Å². The van der Waals surface area contributed by atoms with Crippen LogP contribution in [0.4, 0.5) is 0 Å². The number of halogens is 1. The van der Waals surface area contributed by atoms with Crippen LogP contribution in [-0.4, -0.2) is 54.6 Å². The summed E-state index contributed by atoms with van der Waals surface area (Å²) >= 11 is 5.06. The molecule has 0 radical (unpaired) electrons. The van der Waals surface area contributed by atoms with E-state index in [-0.39, 0.29) is 6.54 Å². The summed E-state index contributed by atoms with van der Waals surface area (Å²) in [6.07, 6.45) is 0. The largest absolute Gasteiger partial charge is 0.480 e. The van der Waals surface area contributed by atoms with Gasteiger partial charge in [0.05, 0.1) is 10.3 Å². The molecule has 0 aliphatic heterocycles. The molecule has 4 nitrogen and oxygen atoms in total. The van der Waals surface area contributed by atoms with Crippen molar-refractivity contribution in [2.75, 3.05) is 33.7 Å². The quantitative estimate of drug-likeness (QED) is 0.834. The van der Waals surface area contributed by atoms with Crippen molar-refractivity contribution in [1.29, 1.82) is 0 Å². The molecule has 0 aliphatic rings. The third-order valence-corrected chi connectivity index (χ3v) is 3.84. The van der Waals surface area contributed by atoms with Crippen molar-refractivity contribution in [1.82, 2.24) is 9.80 Å². The molecule has 1 rings (SSSR count). The smallest absolute Gasteiger partial charge is 0.317 e. The van der Waals surface area contributed by atoms with Crippen molar-refractivity contribution in [3.8, 4) is 0 Å². The van der Waals surface area contributed by atoms with Gasteiger partial charge in [0.2, 0.25) is 0 Å². The number of hydrogen-bond acceptors (Lipinski definition) is 4. The minimum atomic E-state index is -0.778. The highest BCUT2D eigenvalue weighted by Crippen LogP contribution is 2.23. The van der Waals surface area contributed by atoms with Gasteiger partial charge in [-0.1, -0.05) is 0 Å². The Hall–Kier alpha value is -0.430. The molecule has 1 aromatic heterocycles. The van der Waals surface area contributed by atoms with Gasteiger partial charge in [0, 0.05) is 24.5 Å². The van der Waals surface area contributed by atoms with Crippen LogP contribution in [0.5, 0.6) is 0 Å². The van der Waals surface area contributed by atoms with E-state index < -0.39 is 5.97 Å². The Balaban J connectivity index is 2.53. The standard InChI is InChI=1S/C11H17BrN2O2S/c1-13(2)5-6-14(8-11(15)16)7-9-3-4-10(12)17-9/h3-4H,5-8H2,1-2H3,(H,15,16). The molecule has 0 unspecified atom stereocenters. The highest BCUT2D eigenvalue weighted by molar-refractivity contribution is 9.11. The van der Waals surface area contributed by atoms with Crippen LogP contribution in [0.3, 0.4) is 0 Å². The Bertz CT molecular complexity index is 368. The summed E-state index contributed by atoms with van der Waals surface area (Å²) in [7, 11) is 3.97. The summed E-state index contributed by atoms with van der Waals surface area (Å²) < 4.78 is 1.08. The zero-order valence-corrected chi connectivity index (χ0v) is 12.4. The molecule has 0 fully saturated rings. The van der Waals surface area contributed by atoms with Crippen LogP contribution >= 0.6 is 27.3 Å². The lowest BCUT2D eigenvalue weighted by atomic mass is 10.4. The van der Waals surface area contributed by atoms with Gasteiger partial charge in [-0.3, -0.25) is 9.69 Å². The van der Waals surface area contributed by atoms with E-state index in [0.29, 0.717) is 6.54 Å². The first-order valence-corrected chi connectivity index (χ1v) is 6.91. The lowest BCUT2D eigenvalue weighted by molar-refractivity contribution is -0.138. The summed E-state index contributed by atoms with van der Waals surface area (Å²) in [5.74, 6) is -0.778. The number of aliphatic carboxylic acids is 1. The molecule has 0 aliphatic carbocycles. The third kappa shape index (κ3) is 6.16. The second-order valence-electron chi connectivity index (χ2n) is 4.11. The minimum Gasteiger partial charge on any atom is -0.480 e.